The second kappa shape index (κ2) is 2.55. The zero-order valence-electron chi connectivity index (χ0n) is 8.09. The van der Waals surface area contributed by atoms with E-state index in [9.17, 15) is 5.21 Å². The molecule has 3 nitrogen and oxygen atoms in total. The Kier molecular flexibility index (Phi) is 2.07. The Bertz CT molecular complexity index is 219. The lowest BCUT2D eigenvalue weighted by Crippen LogP contribution is -2.47. The van der Waals surface area contributed by atoms with Crippen LogP contribution in [0.4, 0.5) is 0 Å². The molecular formula is C9H16NO2. The van der Waals surface area contributed by atoms with E-state index in [1.54, 1.807) is 0 Å². The first-order valence-corrected chi connectivity index (χ1v) is 4.13. The quantitative estimate of drug-likeness (QED) is 0.474. The molecule has 0 saturated carbocycles. The predicted octanol–water partition coefficient (Wildman–Crippen LogP) is 1.12. The molecule has 1 aliphatic heterocycles. The molecule has 0 bridgehead atoms. The fraction of sp³-hybridized carbons (Fsp3) is 0.778. The molecule has 0 saturated heterocycles. The Morgan fingerprint density at radius 3 is 2.08 bits per heavy atom. The highest BCUT2D eigenvalue weighted by Gasteiger charge is 2.45. The van der Waals surface area contributed by atoms with Gasteiger partial charge in [0.05, 0.1) is 17.7 Å². The molecule has 1 radical (unpaired) electrons. The van der Waals surface area contributed by atoms with Gasteiger partial charge >= 0.3 is 0 Å². The van der Waals surface area contributed by atoms with Crippen LogP contribution in [0.2, 0.25) is 0 Å². The summed E-state index contributed by atoms with van der Waals surface area (Å²) >= 11 is 0. The van der Waals surface area contributed by atoms with Gasteiger partial charge in [-0.15, -0.1) is 10.3 Å². The van der Waals surface area contributed by atoms with E-state index in [0.717, 1.165) is 10.6 Å². The molecule has 1 heterocycles. The monoisotopic (exact) mass is 171 g/mol. The van der Waals surface area contributed by atoms with Gasteiger partial charge in [0.2, 0.25) is 0 Å². The zero-order chi connectivity index (χ0) is 9.57. The first-order chi connectivity index (χ1) is 5.32. The lowest BCUT2D eigenvalue weighted by Gasteiger charge is -2.33. The van der Waals surface area contributed by atoms with Crippen molar-refractivity contribution >= 4 is 0 Å². The highest BCUT2D eigenvalue weighted by molar-refractivity contribution is 5.29. The van der Waals surface area contributed by atoms with E-state index in [1.807, 2.05) is 33.8 Å². The van der Waals surface area contributed by atoms with E-state index in [4.69, 9.17) is 5.11 Å². The van der Waals surface area contributed by atoms with Crippen LogP contribution in [0.25, 0.3) is 0 Å². The molecule has 0 aliphatic carbocycles. The van der Waals surface area contributed by atoms with Crippen molar-refractivity contribution in [3.8, 4) is 0 Å². The third-order valence-electron chi connectivity index (χ3n) is 2.51. The Morgan fingerprint density at radius 1 is 1.42 bits per heavy atom. The standard InChI is InChI=1S/C9H16NO2/c1-8(2)5-7(6-11)9(3,4)10(8)12/h5,11H,6H2,1-4H3/i10+1. The number of aliphatic hydroxyl groups is 1. The Hall–Kier alpha value is -0.380. The number of hydrogen-bond acceptors (Lipinski definition) is 2. The van der Waals surface area contributed by atoms with Crippen molar-refractivity contribution in [2.24, 2.45) is 0 Å². The topological polar surface area (TPSA) is 43.4 Å². The first-order valence-electron chi connectivity index (χ1n) is 4.13. The van der Waals surface area contributed by atoms with Gasteiger partial charge in [-0.3, -0.25) is 0 Å². The third-order valence-corrected chi connectivity index (χ3v) is 2.51. The van der Waals surface area contributed by atoms with E-state index in [0.29, 0.717) is 0 Å². The smallest absolute Gasteiger partial charge is 0.0678 e. The van der Waals surface area contributed by atoms with Crippen molar-refractivity contribution < 1.29 is 10.3 Å². The van der Waals surface area contributed by atoms with Crippen molar-refractivity contribution in [2.75, 3.05) is 6.61 Å². The molecule has 3 heteroatoms. The summed E-state index contributed by atoms with van der Waals surface area (Å²) in [6.45, 7) is 7.33. The highest BCUT2D eigenvalue weighted by Crippen LogP contribution is 2.37. The van der Waals surface area contributed by atoms with Crippen molar-refractivity contribution in [3.05, 3.63) is 11.6 Å². The maximum absolute atomic E-state index is 11.7. The number of hydrogen-bond donors (Lipinski definition) is 1. The summed E-state index contributed by atoms with van der Waals surface area (Å²) in [6, 6.07) is 0. The molecule has 12 heavy (non-hydrogen) atoms. The molecular weight excluding hydrogens is 155 g/mol. The molecule has 0 aromatic heterocycles. The molecule has 1 aliphatic rings. The minimum Gasteiger partial charge on any atom is -0.392 e. The van der Waals surface area contributed by atoms with E-state index < -0.39 is 11.1 Å². The van der Waals surface area contributed by atoms with Crippen molar-refractivity contribution in [1.82, 2.24) is 5.06 Å². The van der Waals surface area contributed by atoms with E-state index >= 15 is 0 Å². The molecule has 0 aromatic carbocycles. The van der Waals surface area contributed by atoms with Crippen LogP contribution in [0, 0.1) is 0 Å². The van der Waals surface area contributed by atoms with Crippen LogP contribution in [0.5, 0.6) is 0 Å². The first kappa shape index (κ1) is 9.71. The van der Waals surface area contributed by atoms with Crippen LogP contribution in [0.15, 0.2) is 11.6 Å². The van der Waals surface area contributed by atoms with Gasteiger partial charge in [0, 0.05) is 0 Å². The van der Waals surface area contributed by atoms with Crippen LogP contribution in [-0.2, 0) is 5.21 Å². The summed E-state index contributed by atoms with van der Waals surface area (Å²) in [5.41, 5.74) is -0.234. The number of aliphatic hydroxyl groups excluding tert-OH is 1. The maximum atomic E-state index is 11.7. The van der Waals surface area contributed by atoms with E-state index in [1.165, 1.54) is 0 Å². The Morgan fingerprint density at radius 2 is 1.92 bits per heavy atom. The molecule has 0 amide bonds. The fourth-order valence-corrected chi connectivity index (χ4v) is 1.75. The Balaban J connectivity index is 3.03. The SMILES string of the molecule is CC1(C)C=C(CO)C(C)(C)[15N]1[O]. The summed E-state index contributed by atoms with van der Waals surface area (Å²) in [5, 5.41) is 21.7. The van der Waals surface area contributed by atoms with Crippen LogP contribution < -0.4 is 0 Å². The minimum absolute atomic E-state index is 0.0326. The normalized spacial score (nSPS) is 27.3. The van der Waals surface area contributed by atoms with Gasteiger partial charge in [-0.25, -0.2) is 0 Å². The Labute approximate surface area is 73.3 Å². The van der Waals surface area contributed by atoms with Crippen molar-refractivity contribution in [1.29, 1.82) is 0 Å². The molecule has 1 N–H and O–H groups in total. The fourth-order valence-electron chi connectivity index (χ4n) is 1.75. The van der Waals surface area contributed by atoms with Crippen LogP contribution >= 0.6 is 0 Å². The lowest BCUT2D eigenvalue weighted by molar-refractivity contribution is -0.239. The minimum atomic E-state index is -0.557. The van der Waals surface area contributed by atoms with Gasteiger partial charge in [-0.05, 0) is 33.3 Å². The van der Waals surface area contributed by atoms with Gasteiger partial charge in [-0.2, -0.15) is 0 Å². The van der Waals surface area contributed by atoms with Crippen LogP contribution in [-0.4, -0.2) is 27.9 Å². The summed E-state index contributed by atoms with van der Waals surface area (Å²) in [7, 11) is 0. The largest absolute Gasteiger partial charge is 0.392 e. The maximum Gasteiger partial charge on any atom is 0.0678 e. The summed E-state index contributed by atoms with van der Waals surface area (Å²) in [5.74, 6) is 0. The second-order valence-corrected chi connectivity index (χ2v) is 4.33. The van der Waals surface area contributed by atoms with Gasteiger partial charge in [-0.1, -0.05) is 6.08 Å². The van der Waals surface area contributed by atoms with Gasteiger partial charge in [0.1, 0.15) is 0 Å². The average molecular weight is 171 g/mol. The predicted molar refractivity (Wildman–Crippen MR) is 45.9 cm³/mol. The number of rotatable bonds is 1. The summed E-state index contributed by atoms with van der Waals surface area (Å²) in [4.78, 5) is 0. The lowest BCUT2D eigenvalue weighted by atomic mass is 9.99. The van der Waals surface area contributed by atoms with E-state index in [-0.39, 0.29) is 6.61 Å². The van der Waals surface area contributed by atoms with E-state index in [2.05, 4.69) is 0 Å². The van der Waals surface area contributed by atoms with Crippen LogP contribution in [0.1, 0.15) is 27.7 Å². The molecule has 0 fully saturated rings. The molecule has 0 spiro atoms. The summed E-state index contributed by atoms with van der Waals surface area (Å²) in [6.07, 6.45) is 1.85. The molecule has 0 aromatic rings. The number of hydroxylamine groups is 2. The van der Waals surface area contributed by atoms with Crippen molar-refractivity contribution in [2.45, 2.75) is 38.8 Å². The number of nitrogens with zero attached hydrogens (tertiary/aromatic N) is 1. The molecule has 0 atom stereocenters. The van der Waals surface area contributed by atoms with Gasteiger partial charge in [0.15, 0.2) is 0 Å². The van der Waals surface area contributed by atoms with Crippen LogP contribution in [0.3, 0.4) is 0 Å². The van der Waals surface area contributed by atoms with Crippen molar-refractivity contribution in [3.63, 3.8) is 0 Å². The zero-order valence-corrected chi connectivity index (χ0v) is 8.09. The summed E-state index contributed by atoms with van der Waals surface area (Å²) < 4.78 is 0. The third kappa shape index (κ3) is 1.18. The van der Waals surface area contributed by atoms with Gasteiger partial charge < -0.3 is 5.11 Å². The molecule has 0 unspecified atom stereocenters. The average Bonchev–Trinajstić information content (AvgIpc) is 2.11. The molecule has 69 valence electrons. The second-order valence-electron chi connectivity index (χ2n) is 4.33. The molecule has 1 rings (SSSR count). The highest BCUT2D eigenvalue weighted by atomic mass is 16.8. The van der Waals surface area contributed by atoms with Gasteiger partial charge in [0.25, 0.3) is 0 Å².